The van der Waals surface area contributed by atoms with Crippen molar-refractivity contribution in [2.75, 3.05) is 11.5 Å². The quantitative estimate of drug-likeness (QED) is 0.845. The van der Waals surface area contributed by atoms with Crippen molar-refractivity contribution in [3.05, 3.63) is 15.6 Å². The first-order valence-corrected chi connectivity index (χ1v) is 8.64. The average Bonchev–Trinajstić information content (AvgIpc) is 2.71. The van der Waals surface area contributed by atoms with Crippen molar-refractivity contribution < 1.29 is 13.2 Å². The summed E-state index contributed by atoms with van der Waals surface area (Å²) in [6, 6.07) is 0. The number of carbonyl (C=O) groups excluding carboxylic acids is 1. The lowest BCUT2D eigenvalue weighted by Crippen LogP contribution is -2.12. The Labute approximate surface area is 111 Å². The lowest BCUT2D eigenvalue weighted by Gasteiger charge is -2.04. The number of sulfone groups is 1. The Hall–Kier alpha value is -0.750. The fourth-order valence-corrected chi connectivity index (χ4v) is 5.03. The molecule has 1 aromatic heterocycles. The van der Waals surface area contributed by atoms with Gasteiger partial charge in [-0.1, -0.05) is 0 Å². The summed E-state index contributed by atoms with van der Waals surface area (Å²) >= 11 is 1.55. The summed E-state index contributed by atoms with van der Waals surface area (Å²) in [7, 11) is -2.88. The molecule has 1 aliphatic heterocycles. The first kappa shape index (κ1) is 13.7. The summed E-state index contributed by atoms with van der Waals surface area (Å²) in [6.07, 6.45) is 1.34. The summed E-state index contributed by atoms with van der Waals surface area (Å²) in [6.45, 7) is 3.92. The number of aryl methyl sites for hydroxylation is 2. The van der Waals surface area contributed by atoms with Crippen LogP contribution in [0.1, 0.15) is 28.4 Å². The molecule has 0 aliphatic carbocycles. The first-order valence-electron chi connectivity index (χ1n) is 6.01. The smallest absolute Gasteiger partial charge is 0.150 e. The van der Waals surface area contributed by atoms with Crippen LogP contribution in [0.3, 0.4) is 0 Å². The fraction of sp³-hybridized carbons (Fsp3) is 0.667. The molecule has 0 aromatic carbocycles. The molecule has 1 saturated heterocycles. The summed E-state index contributed by atoms with van der Waals surface area (Å²) < 4.78 is 22.6. The number of nitrogens with zero attached hydrogens (tertiary/aromatic N) is 1. The van der Waals surface area contributed by atoms with Crippen LogP contribution in [0, 0.1) is 19.8 Å². The third-order valence-corrected chi connectivity index (χ3v) is 6.17. The maximum atomic E-state index is 11.9. The molecule has 0 amide bonds. The SMILES string of the molecule is Cc1nc(CC(=O)CC2CCS(=O)(=O)C2)sc1C. The Kier molecular flexibility index (Phi) is 3.87. The van der Waals surface area contributed by atoms with Crippen LogP contribution in [0.15, 0.2) is 0 Å². The van der Waals surface area contributed by atoms with Crippen molar-refractivity contribution in [2.24, 2.45) is 5.92 Å². The van der Waals surface area contributed by atoms with Gasteiger partial charge in [0, 0.05) is 11.3 Å². The largest absolute Gasteiger partial charge is 0.299 e. The summed E-state index contributed by atoms with van der Waals surface area (Å²) in [4.78, 5) is 17.3. The molecule has 0 radical (unpaired) electrons. The van der Waals surface area contributed by atoms with Crippen molar-refractivity contribution in [3.8, 4) is 0 Å². The van der Waals surface area contributed by atoms with Gasteiger partial charge in [0.15, 0.2) is 9.84 Å². The van der Waals surface area contributed by atoms with Gasteiger partial charge in [0.2, 0.25) is 0 Å². The summed E-state index contributed by atoms with van der Waals surface area (Å²) in [5.74, 6) is 0.533. The molecule has 100 valence electrons. The molecule has 1 unspecified atom stereocenters. The predicted molar refractivity (Wildman–Crippen MR) is 71.7 cm³/mol. The van der Waals surface area contributed by atoms with E-state index in [1.807, 2.05) is 13.8 Å². The minimum absolute atomic E-state index is 0.0182. The molecule has 0 saturated carbocycles. The van der Waals surface area contributed by atoms with E-state index in [2.05, 4.69) is 4.98 Å². The van der Waals surface area contributed by atoms with E-state index in [4.69, 9.17) is 0 Å². The van der Waals surface area contributed by atoms with Gasteiger partial charge in [-0.05, 0) is 26.2 Å². The second-order valence-corrected chi connectivity index (χ2v) is 8.45. The molecule has 18 heavy (non-hydrogen) atoms. The number of hydrogen-bond donors (Lipinski definition) is 0. The van der Waals surface area contributed by atoms with Crippen LogP contribution in [-0.2, 0) is 21.1 Å². The van der Waals surface area contributed by atoms with Crippen LogP contribution in [0.2, 0.25) is 0 Å². The van der Waals surface area contributed by atoms with Gasteiger partial charge in [-0.3, -0.25) is 4.79 Å². The lowest BCUT2D eigenvalue weighted by molar-refractivity contribution is -0.119. The van der Waals surface area contributed by atoms with E-state index in [0.717, 1.165) is 15.6 Å². The van der Waals surface area contributed by atoms with Crippen LogP contribution in [0.25, 0.3) is 0 Å². The van der Waals surface area contributed by atoms with Crippen molar-refractivity contribution in [2.45, 2.75) is 33.1 Å². The van der Waals surface area contributed by atoms with Gasteiger partial charge in [-0.25, -0.2) is 13.4 Å². The second-order valence-electron chi connectivity index (χ2n) is 4.94. The molecule has 1 aromatic rings. The first-order chi connectivity index (χ1) is 8.35. The topological polar surface area (TPSA) is 64.1 Å². The Morgan fingerprint density at radius 2 is 2.17 bits per heavy atom. The maximum absolute atomic E-state index is 11.9. The minimum Gasteiger partial charge on any atom is -0.299 e. The summed E-state index contributed by atoms with van der Waals surface area (Å²) in [5.41, 5.74) is 0.978. The van der Waals surface area contributed by atoms with Gasteiger partial charge < -0.3 is 0 Å². The van der Waals surface area contributed by atoms with Gasteiger partial charge >= 0.3 is 0 Å². The Balaban J connectivity index is 1.90. The third kappa shape index (κ3) is 3.38. The van der Waals surface area contributed by atoms with E-state index in [1.54, 1.807) is 11.3 Å². The van der Waals surface area contributed by atoms with E-state index in [1.165, 1.54) is 0 Å². The van der Waals surface area contributed by atoms with Crippen LogP contribution in [0.5, 0.6) is 0 Å². The van der Waals surface area contributed by atoms with Crippen LogP contribution >= 0.6 is 11.3 Å². The van der Waals surface area contributed by atoms with Crippen molar-refractivity contribution in [1.29, 1.82) is 0 Å². The highest BCUT2D eigenvalue weighted by Crippen LogP contribution is 2.23. The zero-order valence-electron chi connectivity index (χ0n) is 10.6. The molecule has 4 nitrogen and oxygen atoms in total. The van der Waals surface area contributed by atoms with E-state index in [-0.39, 0.29) is 23.2 Å². The molecular weight excluding hydrogens is 270 g/mol. The number of aromatic nitrogens is 1. The molecule has 2 heterocycles. The molecule has 1 fully saturated rings. The highest BCUT2D eigenvalue weighted by atomic mass is 32.2. The molecule has 6 heteroatoms. The molecule has 1 aliphatic rings. The zero-order chi connectivity index (χ0) is 13.3. The minimum atomic E-state index is -2.88. The van der Waals surface area contributed by atoms with Gasteiger partial charge in [0.25, 0.3) is 0 Å². The molecule has 0 spiro atoms. The van der Waals surface area contributed by atoms with E-state index in [0.29, 0.717) is 19.3 Å². The van der Waals surface area contributed by atoms with Gasteiger partial charge in [0.1, 0.15) is 10.8 Å². The van der Waals surface area contributed by atoms with Crippen LogP contribution in [-0.4, -0.2) is 30.7 Å². The summed E-state index contributed by atoms with van der Waals surface area (Å²) in [5, 5.41) is 0.843. The molecule has 0 N–H and O–H groups in total. The molecular formula is C12H17NO3S2. The van der Waals surface area contributed by atoms with Crippen molar-refractivity contribution in [1.82, 2.24) is 4.98 Å². The number of thiazole rings is 1. The third-order valence-electron chi connectivity index (χ3n) is 3.26. The van der Waals surface area contributed by atoms with E-state index < -0.39 is 9.84 Å². The second kappa shape index (κ2) is 5.09. The zero-order valence-corrected chi connectivity index (χ0v) is 12.2. The van der Waals surface area contributed by atoms with E-state index >= 15 is 0 Å². The Morgan fingerprint density at radius 3 is 2.67 bits per heavy atom. The monoisotopic (exact) mass is 287 g/mol. The van der Waals surface area contributed by atoms with E-state index in [9.17, 15) is 13.2 Å². The molecule has 0 bridgehead atoms. The van der Waals surface area contributed by atoms with Gasteiger partial charge in [-0.15, -0.1) is 11.3 Å². The van der Waals surface area contributed by atoms with Crippen molar-refractivity contribution >= 4 is 27.0 Å². The molecule has 1 atom stereocenters. The fourth-order valence-electron chi connectivity index (χ4n) is 2.21. The number of Topliss-reactive ketones (excluding diaryl/α,β-unsaturated/α-hetero) is 1. The average molecular weight is 287 g/mol. The van der Waals surface area contributed by atoms with Gasteiger partial charge in [0.05, 0.1) is 23.6 Å². The highest BCUT2D eigenvalue weighted by Gasteiger charge is 2.29. The van der Waals surface area contributed by atoms with Crippen molar-refractivity contribution in [3.63, 3.8) is 0 Å². The normalized spacial score (nSPS) is 22.2. The number of rotatable bonds is 4. The number of carbonyl (C=O) groups is 1. The van der Waals surface area contributed by atoms with Crippen LogP contribution in [0.4, 0.5) is 0 Å². The standard InChI is InChI=1S/C12H17NO3S2/c1-8-9(2)17-12(13-8)6-11(14)5-10-3-4-18(15,16)7-10/h10H,3-7H2,1-2H3. The Bertz CT molecular complexity index is 540. The highest BCUT2D eigenvalue weighted by molar-refractivity contribution is 7.91. The number of hydrogen-bond acceptors (Lipinski definition) is 5. The molecule has 2 rings (SSSR count). The lowest BCUT2D eigenvalue weighted by atomic mass is 10.0. The maximum Gasteiger partial charge on any atom is 0.150 e. The van der Waals surface area contributed by atoms with Crippen LogP contribution < -0.4 is 0 Å². The predicted octanol–water partition coefficient (Wildman–Crippen LogP) is 1.70. The van der Waals surface area contributed by atoms with Gasteiger partial charge in [-0.2, -0.15) is 0 Å². The number of ketones is 1. The Morgan fingerprint density at radius 1 is 1.44 bits per heavy atom.